The zero-order valence-corrected chi connectivity index (χ0v) is 14.4. The van der Waals surface area contributed by atoms with Gasteiger partial charge in [-0.3, -0.25) is 19.2 Å². The minimum atomic E-state index is -0.595. The van der Waals surface area contributed by atoms with Crippen molar-refractivity contribution < 1.29 is 33.4 Å². The number of carbonyl (C=O) groups is 4. The minimum absolute atomic E-state index is 0.00799. The molecule has 0 bridgehead atoms. The van der Waals surface area contributed by atoms with Crippen molar-refractivity contribution in [1.82, 2.24) is 0 Å². The van der Waals surface area contributed by atoms with E-state index in [2.05, 4.69) is 0 Å². The Hall–Kier alpha value is -2.96. The molecule has 7 heteroatoms. The molecule has 1 aromatic rings. The van der Waals surface area contributed by atoms with Gasteiger partial charge >= 0.3 is 5.97 Å². The first-order valence-electron chi connectivity index (χ1n) is 7.50. The quantitative estimate of drug-likeness (QED) is 0.726. The maximum atomic E-state index is 12.9. The van der Waals surface area contributed by atoms with Crippen molar-refractivity contribution in [2.45, 2.75) is 20.3 Å². The molecule has 0 atom stereocenters. The lowest BCUT2D eigenvalue weighted by Crippen LogP contribution is -2.27. The molecule has 0 radical (unpaired) electrons. The van der Waals surface area contributed by atoms with Gasteiger partial charge in [0.25, 0.3) is 0 Å². The molecule has 1 aliphatic rings. The first-order chi connectivity index (χ1) is 11.8. The molecule has 0 spiro atoms. The molecule has 0 saturated heterocycles. The summed E-state index contributed by atoms with van der Waals surface area (Å²) in [6, 6.07) is 2.92. The zero-order valence-electron chi connectivity index (χ0n) is 14.4. The van der Waals surface area contributed by atoms with Gasteiger partial charge in [-0.2, -0.15) is 0 Å². The third kappa shape index (κ3) is 3.60. The summed E-state index contributed by atoms with van der Waals surface area (Å²) < 4.78 is 15.2. The highest BCUT2D eigenvalue weighted by molar-refractivity contribution is 6.29. The van der Waals surface area contributed by atoms with Crippen LogP contribution in [0.25, 0.3) is 0 Å². The molecule has 1 aromatic carbocycles. The van der Waals surface area contributed by atoms with E-state index >= 15 is 0 Å². The minimum Gasteiger partial charge on any atom is -0.497 e. The fraction of sp³-hybridized carbons (Fsp3) is 0.333. The molecule has 1 aliphatic carbocycles. The summed E-state index contributed by atoms with van der Waals surface area (Å²) in [6.45, 7) is 2.13. The van der Waals surface area contributed by atoms with Crippen LogP contribution in [0.4, 0.5) is 0 Å². The van der Waals surface area contributed by atoms with Gasteiger partial charge in [0.1, 0.15) is 23.9 Å². The normalized spacial score (nSPS) is 13.4. The van der Waals surface area contributed by atoms with Crippen molar-refractivity contribution in [2.24, 2.45) is 0 Å². The van der Waals surface area contributed by atoms with Crippen molar-refractivity contribution >= 4 is 23.3 Å². The predicted molar refractivity (Wildman–Crippen MR) is 87.2 cm³/mol. The largest absolute Gasteiger partial charge is 0.497 e. The highest BCUT2D eigenvalue weighted by atomic mass is 16.5. The Morgan fingerprint density at radius 1 is 0.960 bits per heavy atom. The fourth-order valence-electron chi connectivity index (χ4n) is 2.63. The van der Waals surface area contributed by atoms with Gasteiger partial charge in [-0.05, 0) is 13.0 Å². The van der Waals surface area contributed by atoms with E-state index in [0.717, 1.165) is 0 Å². The molecule has 2 rings (SSSR count). The first kappa shape index (κ1) is 18.4. The lowest BCUT2D eigenvalue weighted by atomic mass is 9.81. The molecular formula is C18H18O7. The molecule has 7 nitrogen and oxygen atoms in total. The summed E-state index contributed by atoms with van der Waals surface area (Å²) in [5.74, 6) is -1.34. The second kappa shape index (κ2) is 7.29. The molecule has 132 valence electrons. The second-order valence-electron chi connectivity index (χ2n) is 5.53. The maximum absolute atomic E-state index is 12.9. The van der Waals surface area contributed by atoms with Crippen molar-refractivity contribution in [1.29, 1.82) is 0 Å². The van der Waals surface area contributed by atoms with Crippen LogP contribution in [0.3, 0.4) is 0 Å². The van der Waals surface area contributed by atoms with E-state index in [-0.39, 0.29) is 46.8 Å². The number of fused-ring (bicyclic) bond motifs is 1. The topological polar surface area (TPSA) is 96.0 Å². The van der Waals surface area contributed by atoms with Crippen LogP contribution in [-0.2, 0) is 14.3 Å². The number of hydrogen-bond acceptors (Lipinski definition) is 7. The molecule has 0 saturated carbocycles. The SMILES string of the molecule is COc1cc(OC)c2c(c1)C(=O)C(CC(C)=O)=C(COC(C)=O)C2=O. The summed E-state index contributed by atoms with van der Waals surface area (Å²) >= 11 is 0. The Morgan fingerprint density at radius 3 is 2.16 bits per heavy atom. The number of Topliss-reactive ketones (excluding diaryl/α,β-unsaturated/α-hetero) is 3. The zero-order chi connectivity index (χ0) is 18.7. The molecule has 0 aliphatic heterocycles. The third-order valence-electron chi connectivity index (χ3n) is 3.76. The third-order valence-corrected chi connectivity index (χ3v) is 3.76. The number of hydrogen-bond donors (Lipinski definition) is 0. The van der Waals surface area contributed by atoms with Crippen LogP contribution in [0.1, 0.15) is 41.0 Å². The van der Waals surface area contributed by atoms with E-state index in [1.54, 1.807) is 0 Å². The Bertz CT molecular complexity index is 802. The van der Waals surface area contributed by atoms with Gasteiger partial charge in [0, 0.05) is 36.1 Å². The summed E-state index contributed by atoms with van der Waals surface area (Å²) in [6.07, 6.45) is -0.222. The van der Waals surface area contributed by atoms with Gasteiger partial charge in [-0.1, -0.05) is 0 Å². The van der Waals surface area contributed by atoms with E-state index in [9.17, 15) is 19.2 Å². The van der Waals surface area contributed by atoms with Gasteiger partial charge < -0.3 is 14.2 Å². The molecule has 0 amide bonds. The average Bonchev–Trinajstić information content (AvgIpc) is 2.57. The van der Waals surface area contributed by atoms with Crippen LogP contribution in [-0.4, -0.2) is 44.1 Å². The van der Waals surface area contributed by atoms with Crippen molar-refractivity contribution in [3.8, 4) is 11.5 Å². The number of benzene rings is 1. The van der Waals surface area contributed by atoms with E-state index in [4.69, 9.17) is 14.2 Å². The van der Waals surface area contributed by atoms with Gasteiger partial charge in [0.05, 0.1) is 19.8 Å². The highest BCUT2D eigenvalue weighted by Crippen LogP contribution is 2.37. The van der Waals surface area contributed by atoms with Crippen molar-refractivity contribution in [3.63, 3.8) is 0 Å². The number of allylic oxidation sites excluding steroid dienone is 1. The number of esters is 1. The van der Waals surface area contributed by atoms with Gasteiger partial charge in [-0.25, -0.2) is 0 Å². The number of methoxy groups -OCH3 is 2. The molecule has 0 heterocycles. The van der Waals surface area contributed by atoms with Crippen molar-refractivity contribution in [2.75, 3.05) is 20.8 Å². The van der Waals surface area contributed by atoms with Crippen LogP contribution in [0.2, 0.25) is 0 Å². The fourth-order valence-corrected chi connectivity index (χ4v) is 2.63. The monoisotopic (exact) mass is 346 g/mol. The Labute approximate surface area is 144 Å². The van der Waals surface area contributed by atoms with Crippen LogP contribution >= 0.6 is 0 Å². The summed E-state index contributed by atoms with van der Waals surface area (Å²) in [5, 5.41) is 0. The van der Waals surface area contributed by atoms with Crippen LogP contribution < -0.4 is 9.47 Å². The molecule has 0 unspecified atom stereocenters. The Kier molecular flexibility index (Phi) is 5.36. The summed E-state index contributed by atoms with van der Waals surface area (Å²) in [7, 11) is 2.79. The van der Waals surface area contributed by atoms with E-state index in [1.165, 1.54) is 40.2 Å². The highest BCUT2D eigenvalue weighted by Gasteiger charge is 2.36. The number of carbonyl (C=O) groups excluding carboxylic acids is 4. The van der Waals surface area contributed by atoms with Crippen LogP contribution in [0.15, 0.2) is 23.3 Å². The smallest absolute Gasteiger partial charge is 0.302 e. The molecular weight excluding hydrogens is 328 g/mol. The lowest BCUT2D eigenvalue weighted by Gasteiger charge is -2.22. The summed E-state index contributed by atoms with van der Waals surface area (Å²) in [4.78, 5) is 48.4. The lowest BCUT2D eigenvalue weighted by molar-refractivity contribution is -0.139. The predicted octanol–water partition coefficient (Wildman–Crippen LogP) is 1.92. The van der Waals surface area contributed by atoms with Gasteiger partial charge in [0.15, 0.2) is 11.6 Å². The molecule has 0 fully saturated rings. The average molecular weight is 346 g/mol. The van der Waals surface area contributed by atoms with E-state index in [0.29, 0.717) is 5.75 Å². The van der Waals surface area contributed by atoms with E-state index < -0.39 is 17.5 Å². The Balaban J connectivity index is 2.66. The van der Waals surface area contributed by atoms with Crippen LogP contribution in [0, 0.1) is 0 Å². The number of ketones is 3. The number of rotatable bonds is 6. The molecule has 0 N–H and O–H groups in total. The summed E-state index contributed by atoms with van der Waals surface area (Å²) in [5.41, 5.74) is 0.194. The molecule has 0 aromatic heterocycles. The number of ether oxygens (including phenoxy) is 3. The van der Waals surface area contributed by atoms with Gasteiger partial charge in [-0.15, -0.1) is 0 Å². The second-order valence-corrected chi connectivity index (χ2v) is 5.53. The maximum Gasteiger partial charge on any atom is 0.302 e. The van der Waals surface area contributed by atoms with E-state index in [1.807, 2.05) is 0 Å². The Morgan fingerprint density at radius 2 is 1.64 bits per heavy atom. The first-order valence-corrected chi connectivity index (χ1v) is 7.50. The molecule has 25 heavy (non-hydrogen) atoms. The van der Waals surface area contributed by atoms with Gasteiger partial charge in [0.2, 0.25) is 0 Å². The standard InChI is InChI=1S/C18H18O7/c1-9(19)5-12-14(8-25-10(2)20)18(22)16-13(17(12)21)6-11(23-3)7-15(16)24-4/h6-7H,5,8H2,1-4H3. The van der Waals surface area contributed by atoms with Crippen LogP contribution in [0.5, 0.6) is 11.5 Å². The van der Waals surface area contributed by atoms with Crippen molar-refractivity contribution in [3.05, 3.63) is 34.4 Å².